The van der Waals surface area contributed by atoms with E-state index in [0.29, 0.717) is 66.6 Å². The van der Waals surface area contributed by atoms with Gasteiger partial charge in [0.05, 0.1) is 29.8 Å². The maximum Gasteiger partial charge on any atom is 0.321 e. The lowest BCUT2D eigenvalue weighted by atomic mass is 10.1. The van der Waals surface area contributed by atoms with Crippen LogP contribution in [0.3, 0.4) is 0 Å². The van der Waals surface area contributed by atoms with Crippen molar-refractivity contribution in [2.24, 2.45) is 0 Å². The fraction of sp³-hybridized carbons (Fsp3) is 0.414. The van der Waals surface area contributed by atoms with E-state index >= 15 is 0 Å². The molecule has 3 fully saturated rings. The summed E-state index contributed by atoms with van der Waals surface area (Å²) >= 11 is 0. The monoisotopic (exact) mass is 547 g/mol. The minimum atomic E-state index is -3.66. The zero-order valence-electron chi connectivity index (χ0n) is 22.2. The molecule has 3 aromatic rings. The molecule has 2 aromatic carbocycles. The fourth-order valence-corrected chi connectivity index (χ4v) is 7.14. The number of benzene rings is 2. The van der Waals surface area contributed by atoms with Gasteiger partial charge in [-0.3, -0.25) is 0 Å². The average molecular weight is 548 g/mol. The van der Waals surface area contributed by atoms with Crippen LogP contribution in [0.1, 0.15) is 38.3 Å². The van der Waals surface area contributed by atoms with Crippen LogP contribution in [0.2, 0.25) is 0 Å². The van der Waals surface area contributed by atoms with Gasteiger partial charge in [0.15, 0.2) is 15.7 Å². The first-order valence-corrected chi connectivity index (χ1v) is 14.9. The Hall–Kier alpha value is -3.50. The molecule has 1 aromatic heterocycles. The predicted octanol–water partition coefficient (Wildman–Crippen LogP) is 4.46. The number of carbonyl (C=O) groups is 1. The minimum absolute atomic E-state index is 0.0938. The van der Waals surface area contributed by atoms with Gasteiger partial charge in [-0.2, -0.15) is 0 Å². The van der Waals surface area contributed by atoms with Crippen LogP contribution in [0.4, 0.5) is 16.3 Å². The zero-order valence-corrected chi connectivity index (χ0v) is 23.0. The van der Waals surface area contributed by atoms with Gasteiger partial charge in [0, 0.05) is 37.0 Å². The Morgan fingerprint density at radius 3 is 2.44 bits per heavy atom. The van der Waals surface area contributed by atoms with Crippen LogP contribution >= 0.6 is 0 Å². The smallest absolute Gasteiger partial charge is 0.321 e. The van der Waals surface area contributed by atoms with E-state index in [9.17, 15) is 13.2 Å². The minimum Gasteiger partial charge on any atom is -0.377 e. The summed E-state index contributed by atoms with van der Waals surface area (Å²) in [7, 11) is -1.84. The van der Waals surface area contributed by atoms with E-state index in [1.165, 1.54) is 0 Å². The molecule has 2 heterocycles. The van der Waals surface area contributed by atoms with Crippen molar-refractivity contribution in [2.75, 3.05) is 37.0 Å². The lowest BCUT2D eigenvalue weighted by Gasteiger charge is -2.34. The zero-order chi connectivity index (χ0) is 27.2. The molecule has 0 spiro atoms. The summed E-state index contributed by atoms with van der Waals surface area (Å²) in [6.45, 7) is 3.89. The summed E-state index contributed by atoms with van der Waals surface area (Å²) in [6, 6.07) is 18.1. The number of morpholine rings is 1. The topological polar surface area (TPSA) is 105 Å². The first kappa shape index (κ1) is 25.8. The van der Waals surface area contributed by atoms with Crippen molar-refractivity contribution in [2.45, 2.75) is 54.3 Å². The Bertz CT molecular complexity index is 1470. The van der Waals surface area contributed by atoms with Crippen LogP contribution < -0.4 is 10.2 Å². The van der Waals surface area contributed by atoms with Crippen molar-refractivity contribution in [3.05, 3.63) is 66.4 Å². The average Bonchev–Trinajstić information content (AvgIpc) is 3.88. The van der Waals surface area contributed by atoms with Gasteiger partial charge < -0.3 is 19.9 Å². The molecule has 10 heteroatoms. The van der Waals surface area contributed by atoms with Gasteiger partial charge in [-0.15, -0.1) is 0 Å². The maximum atomic E-state index is 13.8. The lowest BCUT2D eigenvalue weighted by Crippen LogP contribution is -2.44. The SMILES string of the molecule is C[C@H]1COCCN1c1cc(C2(S(=O)(=O)c3ccccc3)CC2)nc(-c2ccc(NC(=O)N(C)C3CC3)cc2)n1. The summed E-state index contributed by atoms with van der Waals surface area (Å²) in [4.78, 5) is 26.4. The van der Waals surface area contributed by atoms with Gasteiger partial charge in [-0.25, -0.2) is 23.2 Å². The quantitative estimate of drug-likeness (QED) is 0.466. The number of sulfone groups is 1. The second-order valence-corrected chi connectivity index (χ2v) is 13.0. The molecule has 204 valence electrons. The Labute approximate surface area is 229 Å². The van der Waals surface area contributed by atoms with Crippen molar-refractivity contribution in [1.29, 1.82) is 0 Å². The Balaban J connectivity index is 1.36. The maximum absolute atomic E-state index is 13.8. The molecule has 6 rings (SSSR count). The number of rotatable bonds is 7. The molecule has 2 aliphatic carbocycles. The van der Waals surface area contributed by atoms with Crippen molar-refractivity contribution < 1.29 is 17.9 Å². The number of carbonyl (C=O) groups excluding carboxylic acids is 1. The first-order chi connectivity index (χ1) is 18.8. The molecule has 0 bridgehead atoms. The van der Waals surface area contributed by atoms with E-state index in [0.717, 1.165) is 18.4 Å². The van der Waals surface area contributed by atoms with Crippen LogP contribution in [-0.2, 0) is 19.3 Å². The number of anilines is 2. The van der Waals surface area contributed by atoms with Crippen LogP contribution in [-0.4, -0.2) is 68.2 Å². The molecule has 1 saturated heterocycles. The number of amides is 2. The Morgan fingerprint density at radius 1 is 1.08 bits per heavy atom. The number of nitrogens with zero attached hydrogens (tertiary/aromatic N) is 4. The Morgan fingerprint density at radius 2 is 1.79 bits per heavy atom. The van der Waals surface area contributed by atoms with E-state index in [4.69, 9.17) is 14.7 Å². The third-order valence-electron chi connectivity index (χ3n) is 7.92. The summed E-state index contributed by atoms with van der Waals surface area (Å²) in [5.74, 6) is 1.16. The predicted molar refractivity (Wildman–Crippen MR) is 149 cm³/mol. The second kappa shape index (κ2) is 9.91. The normalized spacial score (nSPS) is 20.4. The number of hydrogen-bond donors (Lipinski definition) is 1. The largest absolute Gasteiger partial charge is 0.377 e. The fourth-order valence-electron chi connectivity index (χ4n) is 5.15. The van der Waals surface area contributed by atoms with E-state index in [1.54, 1.807) is 29.2 Å². The molecule has 3 aliphatic rings. The standard InChI is InChI=1S/C29H33N5O4S/c1-20-19-38-17-16-34(20)26-18-25(29(14-15-29)39(36,37)24-6-4-3-5-7-24)31-27(32-26)21-8-10-22(11-9-21)30-28(35)33(2)23-12-13-23/h3-11,18,20,23H,12-17,19H2,1-2H3,(H,30,35)/t20-/m0/s1. The molecule has 1 aliphatic heterocycles. The summed E-state index contributed by atoms with van der Waals surface area (Å²) in [5.41, 5.74) is 1.95. The molecule has 1 atom stereocenters. The summed E-state index contributed by atoms with van der Waals surface area (Å²) in [5, 5.41) is 2.94. The molecule has 1 N–H and O–H groups in total. The lowest BCUT2D eigenvalue weighted by molar-refractivity contribution is 0.0985. The van der Waals surface area contributed by atoms with Gasteiger partial charge in [-0.05, 0) is 69.0 Å². The van der Waals surface area contributed by atoms with E-state index in [-0.39, 0.29) is 12.1 Å². The van der Waals surface area contributed by atoms with E-state index < -0.39 is 14.6 Å². The van der Waals surface area contributed by atoms with Crippen molar-refractivity contribution in [3.8, 4) is 11.4 Å². The van der Waals surface area contributed by atoms with Crippen LogP contribution in [0.5, 0.6) is 0 Å². The Kier molecular flexibility index (Phi) is 6.55. The molecule has 0 unspecified atom stereocenters. The highest BCUT2D eigenvalue weighted by atomic mass is 32.2. The van der Waals surface area contributed by atoms with Gasteiger partial charge in [-0.1, -0.05) is 18.2 Å². The van der Waals surface area contributed by atoms with Crippen LogP contribution in [0.25, 0.3) is 11.4 Å². The molecule has 9 nitrogen and oxygen atoms in total. The van der Waals surface area contributed by atoms with Gasteiger partial charge in [0.1, 0.15) is 10.6 Å². The summed E-state index contributed by atoms with van der Waals surface area (Å²) in [6.07, 6.45) is 3.11. The first-order valence-electron chi connectivity index (χ1n) is 13.5. The van der Waals surface area contributed by atoms with Crippen molar-refractivity contribution >= 4 is 27.4 Å². The number of hydrogen-bond acceptors (Lipinski definition) is 7. The van der Waals surface area contributed by atoms with Crippen LogP contribution in [0.15, 0.2) is 65.6 Å². The molecule has 0 radical (unpaired) electrons. The number of nitrogens with one attached hydrogen (secondary N) is 1. The third-order valence-corrected chi connectivity index (χ3v) is 10.5. The highest BCUT2D eigenvalue weighted by molar-refractivity contribution is 7.92. The number of ether oxygens (including phenoxy) is 1. The molecular weight excluding hydrogens is 514 g/mol. The van der Waals surface area contributed by atoms with Crippen molar-refractivity contribution in [1.82, 2.24) is 14.9 Å². The molecule has 2 amide bonds. The molecule has 39 heavy (non-hydrogen) atoms. The molecular formula is C29H33N5O4S. The third kappa shape index (κ3) is 4.87. The number of aromatic nitrogens is 2. The summed E-state index contributed by atoms with van der Waals surface area (Å²) < 4.78 is 32.2. The van der Waals surface area contributed by atoms with Gasteiger partial charge >= 0.3 is 6.03 Å². The second-order valence-electron chi connectivity index (χ2n) is 10.7. The molecule has 2 saturated carbocycles. The van der Waals surface area contributed by atoms with E-state index in [2.05, 4.69) is 17.1 Å². The van der Waals surface area contributed by atoms with Gasteiger partial charge in [0.2, 0.25) is 0 Å². The highest BCUT2D eigenvalue weighted by Gasteiger charge is 2.58. The number of urea groups is 1. The van der Waals surface area contributed by atoms with Crippen molar-refractivity contribution in [3.63, 3.8) is 0 Å². The van der Waals surface area contributed by atoms with Gasteiger partial charge in [0.25, 0.3) is 0 Å². The van der Waals surface area contributed by atoms with Crippen LogP contribution in [0, 0.1) is 0 Å². The highest BCUT2D eigenvalue weighted by Crippen LogP contribution is 2.55. The van der Waals surface area contributed by atoms with E-state index in [1.807, 2.05) is 43.4 Å².